The van der Waals surface area contributed by atoms with Crippen LogP contribution < -0.4 is 5.32 Å². The van der Waals surface area contributed by atoms with Gasteiger partial charge in [-0.1, -0.05) is 48.0 Å². The molecule has 0 saturated heterocycles. The fraction of sp³-hybridized carbons (Fsp3) is 0.182. The average Bonchev–Trinajstić information content (AvgIpc) is 3.41. The van der Waals surface area contributed by atoms with E-state index in [1.165, 1.54) is 24.0 Å². The van der Waals surface area contributed by atoms with E-state index in [9.17, 15) is 0 Å². The fourth-order valence-corrected chi connectivity index (χ4v) is 3.33. The normalized spacial score (nSPS) is 13.9. The Kier molecular flexibility index (Phi) is 3.49. The second-order valence-corrected chi connectivity index (χ2v) is 6.95. The molecule has 128 valence electrons. The van der Waals surface area contributed by atoms with E-state index in [-0.39, 0.29) is 0 Å². The molecule has 1 N–H and O–H groups in total. The van der Waals surface area contributed by atoms with Crippen molar-refractivity contribution in [3.05, 3.63) is 72.7 Å². The molecule has 1 aliphatic carbocycles. The van der Waals surface area contributed by atoms with Crippen molar-refractivity contribution < 1.29 is 0 Å². The maximum Gasteiger partial charge on any atom is 0.150 e. The smallest absolute Gasteiger partial charge is 0.150 e. The Morgan fingerprint density at radius 3 is 2.46 bits per heavy atom. The molecule has 2 aromatic heterocycles. The summed E-state index contributed by atoms with van der Waals surface area (Å²) in [4.78, 5) is 9.19. The van der Waals surface area contributed by atoms with Crippen LogP contribution in [0.25, 0.3) is 27.8 Å². The second-order valence-electron chi connectivity index (χ2n) is 6.95. The Labute approximate surface area is 152 Å². The highest BCUT2D eigenvalue weighted by atomic mass is 15.1. The minimum absolute atomic E-state index is 0.541. The van der Waals surface area contributed by atoms with Crippen LogP contribution in [0.1, 0.15) is 18.4 Å². The predicted octanol–water partition coefficient (Wildman–Crippen LogP) is 4.97. The van der Waals surface area contributed by atoms with Gasteiger partial charge in [-0.25, -0.2) is 9.97 Å². The largest absolute Gasteiger partial charge is 0.367 e. The molecule has 0 aliphatic heterocycles. The van der Waals surface area contributed by atoms with Gasteiger partial charge in [0.15, 0.2) is 5.65 Å². The van der Waals surface area contributed by atoms with Crippen LogP contribution in [-0.2, 0) is 0 Å². The van der Waals surface area contributed by atoms with Crippen LogP contribution >= 0.6 is 0 Å². The van der Waals surface area contributed by atoms with Crippen molar-refractivity contribution in [1.29, 1.82) is 0 Å². The van der Waals surface area contributed by atoms with Crippen LogP contribution in [0.4, 0.5) is 5.82 Å². The lowest BCUT2D eigenvalue weighted by Crippen LogP contribution is -2.04. The first-order valence-corrected chi connectivity index (χ1v) is 9.04. The summed E-state index contributed by atoms with van der Waals surface area (Å²) in [6.07, 6.45) is 6.26. The lowest BCUT2D eigenvalue weighted by atomic mass is 10.1. The van der Waals surface area contributed by atoms with Gasteiger partial charge in [0.05, 0.1) is 5.39 Å². The lowest BCUT2D eigenvalue weighted by molar-refractivity contribution is 1.06. The summed E-state index contributed by atoms with van der Waals surface area (Å²) < 4.78 is 2.16. The van der Waals surface area contributed by atoms with Gasteiger partial charge in [-0.2, -0.15) is 0 Å². The van der Waals surface area contributed by atoms with E-state index in [4.69, 9.17) is 0 Å². The molecule has 1 aliphatic rings. The Hall–Kier alpha value is -3.14. The minimum Gasteiger partial charge on any atom is -0.367 e. The molecule has 0 unspecified atom stereocenters. The molecule has 5 rings (SSSR count). The predicted molar refractivity (Wildman–Crippen MR) is 106 cm³/mol. The monoisotopic (exact) mass is 340 g/mol. The van der Waals surface area contributed by atoms with E-state index in [0.29, 0.717) is 6.04 Å². The van der Waals surface area contributed by atoms with Gasteiger partial charge in [0, 0.05) is 23.5 Å². The zero-order valence-electron chi connectivity index (χ0n) is 14.7. The third kappa shape index (κ3) is 2.64. The quantitative estimate of drug-likeness (QED) is 0.570. The minimum atomic E-state index is 0.541. The average molecular weight is 340 g/mol. The Morgan fingerprint density at radius 1 is 0.962 bits per heavy atom. The van der Waals surface area contributed by atoms with Crippen molar-refractivity contribution in [3.8, 4) is 16.8 Å². The molecule has 0 spiro atoms. The van der Waals surface area contributed by atoms with E-state index in [1.54, 1.807) is 6.33 Å². The molecule has 4 heteroatoms. The highest BCUT2D eigenvalue weighted by Gasteiger charge is 2.24. The number of nitrogens with one attached hydrogen (secondary N) is 1. The molecule has 0 amide bonds. The maximum atomic E-state index is 4.63. The van der Waals surface area contributed by atoms with E-state index in [1.807, 2.05) is 6.07 Å². The molecule has 2 aromatic carbocycles. The summed E-state index contributed by atoms with van der Waals surface area (Å²) in [5, 5.41) is 4.67. The Morgan fingerprint density at radius 2 is 1.73 bits per heavy atom. The Bertz CT molecular complexity index is 1060. The standard InChI is InChI=1S/C22H20N4/c1-15-7-11-18(12-8-15)26-13-19(16-5-3-2-4-6-16)20-21(25-17-9-10-17)23-14-24-22(20)26/h2-8,11-14,17H,9-10H2,1H3,(H,23,24,25). The van der Waals surface area contributed by atoms with Crippen LogP contribution in [0.2, 0.25) is 0 Å². The fourth-order valence-electron chi connectivity index (χ4n) is 3.33. The number of hydrogen-bond acceptors (Lipinski definition) is 3. The third-order valence-electron chi connectivity index (χ3n) is 4.90. The molecule has 4 aromatic rings. The van der Waals surface area contributed by atoms with Crippen molar-refractivity contribution >= 4 is 16.9 Å². The highest BCUT2D eigenvalue weighted by molar-refractivity contribution is 6.02. The molecule has 26 heavy (non-hydrogen) atoms. The summed E-state index contributed by atoms with van der Waals surface area (Å²) in [5.74, 6) is 0.933. The van der Waals surface area contributed by atoms with Crippen molar-refractivity contribution in [2.24, 2.45) is 0 Å². The number of aryl methyl sites for hydroxylation is 1. The first kappa shape index (κ1) is 15.1. The molecular formula is C22H20N4. The van der Waals surface area contributed by atoms with Gasteiger partial charge in [-0.05, 0) is 37.5 Å². The zero-order chi connectivity index (χ0) is 17.5. The molecule has 0 radical (unpaired) electrons. The van der Waals surface area contributed by atoms with E-state index < -0.39 is 0 Å². The van der Waals surface area contributed by atoms with Crippen molar-refractivity contribution in [1.82, 2.24) is 14.5 Å². The third-order valence-corrected chi connectivity index (χ3v) is 4.90. The van der Waals surface area contributed by atoms with Crippen molar-refractivity contribution in [2.45, 2.75) is 25.8 Å². The number of benzene rings is 2. The molecule has 4 nitrogen and oxygen atoms in total. The van der Waals surface area contributed by atoms with Gasteiger partial charge in [0.1, 0.15) is 12.1 Å². The van der Waals surface area contributed by atoms with Gasteiger partial charge in [0.25, 0.3) is 0 Å². The molecule has 0 bridgehead atoms. The first-order valence-electron chi connectivity index (χ1n) is 9.04. The number of hydrogen-bond donors (Lipinski definition) is 1. The molecular weight excluding hydrogens is 320 g/mol. The number of aromatic nitrogens is 3. The van der Waals surface area contributed by atoms with Crippen LogP contribution in [0.3, 0.4) is 0 Å². The van der Waals surface area contributed by atoms with Gasteiger partial charge in [-0.3, -0.25) is 0 Å². The van der Waals surface area contributed by atoms with Gasteiger partial charge < -0.3 is 9.88 Å². The summed E-state index contributed by atoms with van der Waals surface area (Å²) in [6.45, 7) is 2.10. The summed E-state index contributed by atoms with van der Waals surface area (Å²) >= 11 is 0. The molecule has 2 heterocycles. The van der Waals surface area contributed by atoms with Gasteiger partial charge in [0.2, 0.25) is 0 Å². The summed E-state index contributed by atoms with van der Waals surface area (Å²) in [6, 6.07) is 19.6. The van der Waals surface area contributed by atoms with Crippen LogP contribution in [0, 0.1) is 6.92 Å². The topological polar surface area (TPSA) is 42.7 Å². The number of fused-ring (bicyclic) bond motifs is 1. The van der Waals surface area contributed by atoms with Crippen LogP contribution in [0.15, 0.2) is 67.1 Å². The lowest BCUT2D eigenvalue weighted by Gasteiger charge is -2.08. The van der Waals surface area contributed by atoms with Crippen LogP contribution in [0.5, 0.6) is 0 Å². The molecule has 1 fully saturated rings. The van der Waals surface area contributed by atoms with Gasteiger partial charge >= 0.3 is 0 Å². The maximum absolute atomic E-state index is 4.63. The zero-order valence-corrected chi connectivity index (χ0v) is 14.7. The number of nitrogens with zero attached hydrogens (tertiary/aromatic N) is 3. The Balaban J connectivity index is 1.77. The van der Waals surface area contributed by atoms with Crippen molar-refractivity contribution in [2.75, 3.05) is 5.32 Å². The number of rotatable bonds is 4. The number of anilines is 1. The highest BCUT2D eigenvalue weighted by Crippen LogP contribution is 2.37. The molecule has 0 atom stereocenters. The summed E-state index contributed by atoms with van der Waals surface area (Å²) in [7, 11) is 0. The van der Waals surface area contributed by atoms with E-state index in [0.717, 1.165) is 28.1 Å². The first-order chi connectivity index (χ1) is 12.8. The van der Waals surface area contributed by atoms with E-state index >= 15 is 0 Å². The van der Waals surface area contributed by atoms with Crippen molar-refractivity contribution in [3.63, 3.8) is 0 Å². The van der Waals surface area contributed by atoms with Gasteiger partial charge in [-0.15, -0.1) is 0 Å². The van der Waals surface area contributed by atoms with Crippen LogP contribution in [-0.4, -0.2) is 20.6 Å². The van der Waals surface area contributed by atoms with E-state index in [2.05, 4.69) is 81.5 Å². The second kappa shape index (κ2) is 5.99. The SMILES string of the molecule is Cc1ccc(-n2cc(-c3ccccc3)c3c(NC4CC4)ncnc32)cc1. The molecule has 1 saturated carbocycles. The summed E-state index contributed by atoms with van der Waals surface area (Å²) in [5.41, 5.74) is 5.63.